The van der Waals surface area contributed by atoms with Crippen molar-refractivity contribution in [3.63, 3.8) is 0 Å². The van der Waals surface area contributed by atoms with Crippen LogP contribution in [0.5, 0.6) is 11.5 Å². The zero-order valence-corrected chi connectivity index (χ0v) is 16.7. The second-order valence-electron chi connectivity index (χ2n) is 8.52. The molecule has 1 aliphatic carbocycles. The summed E-state index contributed by atoms with van der Waals surface area (Å²) in [4.78, 5) is 14.2. The minimum absolute atomic E-state index is 0.317. The Balaban J connectivity index is 1.54. The van der Waals surface area contributed by atoms with E-state index in [9.17, 15) is 9.90 Å². The van der Waals surface area contributed by atoms with Gasteiger partial charge in [0, 0.05) is 30.8 Å². The van der Waals surface area contributed by atoms with Crippen LogP contribution in [0.1, 0.15) is 60.0 Å². The van der Waals surface area contributed by atoms with Gasteiger partial charge in [-0.15, -0.1) is 0 Å². The first-order valence-corrected chi connectivity index (χ1v) is 10.8. The first kappa shape index (κ1) is 18.4. The van der Waals surface area contributed by atoms with Crippen LogP contribution in [-0.2, 0) is 0 Å². The van der Waals surface area contributed by atoms with Gasteiger partial charge in [-0.05, 0) is 67.0 Å². The Bertz CT molecular complexity index is 972. The largest absolute Gasteiger partial charge is 0.478 e. The van der Waals surface area contributed by atoms with Crippen molar-refractivity contribution >= 4 is 17.1 Å². The van der Waals surface area contributed by atoms with E-state index < -0.39 is 5.97 Å². The molecule has 0 bridgehead atoms. The van der Waals surface area contributed by atoms with Gasteiger partial charge in [-0.1, -0.05) is 31.0 Å². The molecule has 2 aromatic rings. The van der Waals surface area contributed by atoms with Gasteiger partial charge >= 0.3 is 5.97 Å². The molecule has 0 spiro atoms. The molecule has 4 nitrogen and oxygen atoms in total. The third-order valence-corrected chi connectivity index (χ3v) is 6.70. The van der Waals surface area contributed by atoms with Crippen LogP contribution in [0.2, 0.25) is 0 Å². The summed E-state index contributed by atoms with van der Waals surface area (Å²) in [6.07, 6.45) is 7.39. The number of para-hydroxylation sites is 1. The Morgan fingerprint density at radius 3 is 2.41 bits per heavy atom. The average molecular weight is 389 g/mol. The molecule has 1 saturated carbocycles. The van der Waals surface area contributed by atoms with Crippen LogP contribution in [-0.4, -0.2) is 35.6 Å². The van der Waals surface area contributed by atoms with E-state index in [2.05, 4.69) is 17.0 Å². The fraction of sp³-hybridized carbons (Fsp3) is 0.400. The van der Waals surface area contributed by atoms with Crippen LogP contribution < -0.4 is 4.74 Å². The molecule has 0 aromatic heterocycles. The molecule has 0 amide bonds. The fourth-order valence-corrected chi connectivity index (χ4v) is 5.20. The number of carboxylic acid groups (broad SMARTS) is 1. The zero-order chi connectivity index (χ0) is 19.8. The van der Waals surface area contributed by atoms with Crippen molar-refractivity contribution in [3.05, 3.63) is 59.2 Å². The molecule has 0 atom stereocenters. The Morgan fingerprint density at radius 1 is 0.966 bits per heavy atom. The lowest BCUT2D eigenvalue weighted by Crippen LogP contribution is -2.30. The third kappa shape index (κ3) is 3.58. The van der Waals surface area contributed by atoms with E-state index in [1.54, 1.807) is 12.1 Å². The number of fused-ring (bicyclic) bond motifs is 4. The predicted molar refractivity (Wildman–Crippen MR) is 114 cm³/mol. The maximum atomic E-state index is 11.6. The van der Waals surface area contributed by atoms with E-state index in [1.807, 2.05) is 18.2 Å². The molecule has 2 aliphatic heterocycles. The molecule has 2 aromatic carbocycles. The van der Waals surface area contributed by atoms with Gasteiger partial charge in [-0.3, -0.25) is 0 Å². The molecule has 0 unspecified atom stereocenters. The first-order valence-electron chi connectivity index (χ1n) is 10.8. The SMILES string of the molecule is O=C(O)c1ccc2c(c1)C1=C(CCN(CC3CCCC3)CC1)c1ccccc1O2. The van der Waals surface area contributed by atoms with Crippen molar-refractivity contribution in [1.29, 1.82) is 0 Å². The molecular formula is C25H27NO3. The maximum Gasteiger partial charge on any atom is 0.335 e. The number of benzene rings is 2. The quantitative estimate of drug-likeness (QED) is 0.733. The molecule has 29 heavy (non-hydrogen) atoms. The van der Waals surface area contributed by atoms with E-state index in [1.165, 1.54) is 43.4 Å². The van der Waals surface area contributed by atoms with Gasteiger partial charge in [0.05, 0.1) is 5.56 Å². The van der Waals surface area contributed by atoms with Crippen LogP contribution in [0.15, 0.2) is 42.5 Å². The highest BCUT2D eigenvalue weighted by Gasteiger charge is 2.28. The highest BCUT2D eigenvalue weighted by atomic mass is 16.5. The van der Waals surface area contributed by atoms with Crippen molar-refractivity contribution in [2.45, 2.75) is 38.5 Å². The standard InChI is InChI=1S/C25H27NO3/c27-25(28)18-9-10-24-22(15-18)20-12-14-26(16-17-5-1-2-6-17)13-11-19(20)21-7-3-4-8-23(21)29-24/h3-4,7-10,15,17H,1-2,5-6,11-14,16H2,(H,27,28). The van der Waals surface area contributed by atoms with Gasteiger partial charge in [-0.2, -0.15) is 0 Å². The summed E-state index contributed by atoms with van der Waals surface area (Å²) in [6.45, 7) is 3.27. The van der Waals surface area contributed by atoms with Crippen molar-refractivity contribution in [3.8, 4) is 11.5 Å². The summed E-state index contributed by atoms with van der Waals surface area (Å²) >= 11 is 0. The lowest BCUT2D eigenvalue weighted by Gasteiger charge is -2.24. The topological polar surface area (TPSA) is 49.8 Å². The lowest BCUT2D eigenvalue weighted by molar-refractivity contribution is 0.0697. The monoisotopic (exact) mass is 389 g/mol. The van der Waals surface area contributed by atoms with Crippen molar-refractivity contribution in [2.75, 3.05) is 19.6 Å². The summed E-state index contributed by atoms with van der Waals surface area (Å²) < 4.78 is 6.26. The third-order valence-electron chi connectivity index (χ3n) is 6.70. The van der Waals surface area contributed by atoms with Gasteiger partial charge in [0.1, 0.15) is 11.5 Å². The molecule has 4 heteroatoms. The van der Waals surface area contributed by atoms with E-state index in [0.717, 1.165) is 54.5 Å². The predicted octanol–water partition coefficient (Wildman–Crippen LogP) is 5.69. The number of hydrogen-bond acceptors (Lipinski definition) is 3. The molecular weight excluding hydrogens is 362 g/mol. The van der Waals surface area contributed by atoms with Gasteiger partial charge in [-0.25, -0.2) is 4.79 Å². The molecule has 0 saturated heterocycles. The normalized spacial score (nSPS) is 19.6. The second-order valence-corrected chi connectivity index (χ2v) is 8.52. The number of nitrogens with zero attached hydrogens (tertiary/aromatic N) is 1. The van der Waals surface area contributed by atoms with Crippen molar-refractivity contribution in [2.24, 2.45) is 5.92 Å². The highest BCUT2D eigenvalue weighted by molar-refractivity contribution is 5.98. The zero-order valence-electron chi connectivity index (χ0n) is 16.7. The number of rotatable bonds is 3. The summed E-state index contributed by atoms with van der Waals surface area (Å²) in [7, 11) is 0. The number of carbonyl (C=O) groups is 1. The van der Waals surface area contributed by atoms with E-state index >= 15 is 0 Å². The Kier molecular flexibility index (Phi) is 4.88. The van der Waals surface area contributed by atoms with Gasteiger partial charge in [0.2, 0.25) is 0 Å². The molecule has 3 aliphatic rings. The molecule has 0 radical (unpaired) electrons. The summed E-state index contributed by atoms with van der Waals surface area (Å²) in [5.74, 6) is 1.57. The first-order chi connectivity index (χ1) is 14.2. The molecule has 150 valence electrons. The number of ether oxygens (including phenoxy) is 1. The van der Waals surface area contributed by atoms with Crippen LogP contribution in [0.25, 0.3) is 11.1 Å². The molecule has 1 N–H and O–H groups in total. The average Bonchev–Trinajstić information content (AvgIpc) is 3.09. The molecule has 2 heterocycles. The fourth-order valence-electron chi connectivity index (χ4n) is 5.20. The second kappa shape index (κ2) is 7.68. The summed E-state index contributed by atoms with van der Waals surface area (Å²) in [6, 6.07) is 13.5. The summed E-state index contributed by atoms with van der Waals surface area (Å²) in [5, 5.41) is 9.52. The number of hydrogen-bond donors (Lipinski definition) is 1. The van der Waals surface area contributed by atoms with Gasteiger partial charge in [0.25, 0.3) is 0 Å². The number of aromatic carboxylic acids is 1. The summed E-state index contributed by atoms with van der Waals surface area (Å²) in [5.41, 5.74) is 4.98. The Morgan fingerprint density at radius 2 is 1.66 bits per heavy atom. The van der Waals surface area contributed by atoms with Gasteiger partial charge in [0.15, 0.2) is 0 Å². The minimum atomic E-state index is -0.895. The van der Waals surface area contributed by atoms with E-state index in [-0.39, 0.29) is 0 Å². The minimum Gasteiger partial charge on any atom is -0.478 e. The molecule has 5 rings (SSSR count). The maximum absolute atomic E-state index is 11.6. The smallest absolute Gasteiger partial charge is 0.335 e. The van der Waals surface area contributed by atoms with Crippen molar-refractivity contribution in [1.82, 2.24) is 4.90 Å². The van der Waals surface area contributed by atoms with Crippen LogP contribution in [0, 0.1) is 5.92 Å². The molecule has 1 fully saturated rings. The van der Waals surface area contributed by atoms with Crippen LogP contribution in [0.3, 0.4) is 0 Å². The lowest BCUT2D eigenvalue weighted by atomic mass is 9.90. The van der Waals surface area contributed by atoms with E-state index in [0.29, 0.717) is 5.56 Å². The van der Waals surface area contributed by atoms with E-state index in [4.69, 9.17) is 4.74 Å². The number of carboxylic acids is 1. The highest BCUT2D eigenvalue weighted by Crippen LogP contribution is 2.46. The Hall–Kier alpha value is -2.59. The van der Waals surface area contributed by atoms with Crippen molar-refractivity contribution < 1.29 is 14.6 Å². The Labute approximate surface area is 171 Å². The van der Waals surface area contributed by atoms with Gasteiger partial charge < -0.3 is 14.7 Å². The van der Waals surface area contributed by atoms with Crippen LogP contribution in [0.4, 0.5) is 0 Å². The van der Waals surface area contributed by atoms with Crippen LogP contribution >= 0.6 is 0 Å².